The summed E-state index contributed by atoms with van der Waals surface area (Å²) in [5.74, 6) is 1.22. The third kappa shape index (κ3) is 5.03. The van der Waals surface area contributed by atoms with Crippen molar-refractivity contribution in [3.05, 3.63) is 29.8 Å². The van der Waals surface area contributed by atoms with Gasteiger partial charge in [0.2, 0.25) is 5.91 Å². The van der Waals surface area contributed by atoms with Gasteiger partial charge in [-0.2, -0.15) is 0 Å². The van der Waals surface area contributed by atoms with Crippen molar-refractivity contribution in [1.29, 1.82) is 0 Å². The zero-order chi connectivity index (χ0) is 14.4. The van der Waals surface area contributed by atoms with Gasteiger partial charge in [0, 0.05) is 12.1 Å². The summed E-state index contributed by atoms with van der Waals surface area (Å²) in [4.78, 5) is 11.9. The van der Waals surface area contributed by atoms with Crippen molar-refractivity contribution in [3.63, 3.8) is 0 Å². The fourth-order valence-electron chi connectivity index (χ4n) is 1.99. The average Bonchev–Trinajstić information content (AvgIpc) is 2.36. The Labute approximate surface area is 116 Å². The number of hydrogen-bond donors (Lipinski definition) is 2. The van der Waals surface area contributed by atoms with Crippen LogP contribution in [0.25, 0.3) is 0 Å². The van der Waals surface area contributed by atoms with Gasteiger partial charge in [-0.15, -0.1) is 0 Å². The molecule has 0 fully saturated rings. The molecule has 0 radical (unpaired) electrons. The van der Waals surface area contributed by atoms with Crippen LogP contribution in [0.2, 0.25) is 0 Å². The van der Waals surface area contributed by atoms with Crippen LogP contribution in [0, 0.1) is 11.8 Å². The van der Waals surface area contributed by atoms with Crippen LogP contribution in [-0.4, -0.2) is 12.5 Å². The third-order valence-electron chi connectivity index (χ3n) is 3.55. The van der Waals surface area contributed by atoms with Gasteiger partial charge in [-0.25, -0.2) is 0 Å². The third-order valence-corrected chi connectivity index (χ3v) is 3.55. The van der Waals surface area contributed by atoms with E-state index in [0.29, 0.717) is 24.8 Å². The van der Waals surface area contributed by atoms with E-state index in [1.807, 2.05) is 12.1 Å². The van der Waals surface area contributed by atoms with Crippen molar-refractivity contribution in [2.75, 3.05) is 11.9 Å². The van der Waals surface area contributed by atoms with Crippen molar-refractivity contribution in [2.45, 2.75) is 40.0 Å². The molecule has 0 bridgehead atoms. The molecule has 3 nitrogen and oxygen atoms in total. The summed E-state index contributed by atoms with van der Waals surface area (Å²) in [6.45, 7) is 9.06. The molecule has 3 heteroatoms. The molecule has 1 unspecified atom stereocenters. The van der Waals surface area contributed by atoms with Gasteiger partial charge >= 0.3 is 0 Å². The molecule has 0 saturated heterocycles. The summed E-state index contributed by atoms with van der Waals surface area (Å²) < 4.78 is 0. The van der Waals surface area contributed by atoms with E-state index in [1.165, 1.54) is 5.56 Å². The zero-order valence-corrected chi connectivity index (χ0v) is 12.4. The summed E-state index contributed by atoms with van der Waals surface area (Å²) >= 11 is 0. The van der Waals surface area contributed by atoms with Gasteiger partial charge in [-0.1, -0.05) is 39.8 Å². The van der Waals surface area contributed by atoms with Crippen molar-refractivity contribution >= 4 is 11.6 Å². The Morgan fingerprint density at radius 3 is 2.16 bits per heavy atom. The van der Waals surface area contributed by atoms with Gasteiger partial charge in [0.25, 0.3) is 0 Å². The lowest BCUT2D eigenvalue weighted by Crippen LogP contribution is -2.25. The van der Waals surface area contributed by atoms with Crippen LogP contribution in [0.15, 0.2) is 24.3 Å². The Morgan fingerprint density at radius 1 is 1.16 bits per heavy atom. The van der Waals surface area contributed by atoms with Crippen molar-refractivity contribution in [1.82, 2.24) is 0 Å². The predicted molar refractivity (Wildman–Crippen MR) is 81.2 cm³/mol. The number of nitrogens with two attached hydrogens (primary N) is 1. The smallest absolute Gasteiger partial charge is 0.224 e. The van der Waals surface area contributed by atoms with Crippen LogP contribution in [0.1, 0.15) is 45.6 Å². The maximum absolute atomic E-state index is 11.9. The molecule has 1 aromatic rings. The first-order valence-corrected chi connectivity index (χ1v) is 7.04. The lowest BCUT2D eigenvalue weighted by Gasteiger charge is -2.18. The molecule has 19 heavy (non-hydrogen) atoms. The minimum Gasteiger partial charge on any atom is -0.330 e. The van der Waals surface area contributed by atoms with Crippen molar-refractivity contribution in [2.24, 2.45) is 17.6 Å². The second-order valence-corrected chi connectivity index (χ2v) is 5.77. The molecule has 1 atom stereocenters. The van der Waals surface area contributed by atoms with E-state index in [1.54, 1.807) is 0 Å². The molecule has 1 aromatic carbocycles. The Balaban J connectivity index is 2.57. The van der Waals surface area contributed by atoms with Crippen molar-refractivity contribution < 1.29 is 4.79 Å². The van der Waals surface area contributed by atoms with E-state index in [-0.39, 0.29) is 11.8 Å². The van der Waals surface area contributed by atoms with Crippen LogP contribution >= 0.6 is 0 Å². The number of carbonyl (C=O) groups is 1. The Morgan fingerprint density at radius 2 is 1.74 bits per heavy atom. The minimum absolute atomic E-state index is 0.0430. The molecule has 0 saturated carbocycles. The first kappa shape index (κ1) is 15.7. The molecule has 1 rings (SSSR count). The summed E-state index contributed by atoms with van der Waals surface area (Å²) in [5, 5.41) is 2.93. The molecule has 1 amide bonds. The van der Waals surface area contributed by atoms with Crippen LogP contribution in [0.5, 0.6) is 0 Å². The Bertz CT molecular complexity index is 396. The summed E-state index contributed by atoms with van der Waals surface area (Å²) in [7, 11) is 0. The fraction of sp³-hybridized carbons (Fsp3) is 0.562. The second-order valence-electron chi connectivity index (χ2n) is 5.77. The van der Waals surface area contributed by atoms with E-state index in [4.69, 9.17) is 5.73 Å². The summed E-state index contributed by atoms with van der Waals surface area (Å²) in [6, 6.07) is 8.03. The standard InChI is InChI=1S/C16H26N2O/c1-11(2)13-5-7-15(8-6-13)18-16(19)9-14(10-17)12(3)4/h5-8,11-12,14H,9-10,17H2,1-4H3,(H,18,19). The fourth-order valence-corrected chi connectivity index (χ4v) is 1.99. The SMILES string of the molecule is CC(C)c1ccc(NC(=O)CC(CN)C(C)C)cc1. The lowest BCUT2D eigenvalue weighted by molar-refractivity contribution is -0.117. The number of amides is 1. The quantitative estimate of drug-likeness (QED) is 0.826. The first-order chi connectivity index (χ1) is 8.93. The molecule has 0 heterocycles. The van der Waals surface area contributed by atoms with E-state index < -0.39 is 0 Å². The van der Waals surface area contributed by atoms with Gasteiger partial charge in [-0.3, -0.25) is 4.79 Å². The highest BCUT2D eigenvalue weighted by Crippen LogP contribution is 2.18. The monoisotopic (exact) mass is 262 g/mol. The van der Waals surface area contributed by atoms with Crippen LogP contribution in [0.4, 0.5) is 5.69 Å². The molecule has 106 valence electrons. The minimum atomic E-state index is 0.0430. The zero-order valence-electron chi connectivity index (χ0n) is 12.4. The van der Waals surface area contributed by atoms with Crippen LogP contribution in [-0.2, 0) is 4.79 Å². The molecule has 0 aliphatic rings. The largest absolute Gasteiger partial charge is 0.330 e. The van der Waals surface area contributed by atoms with Crippen LogP contribution in [0.3, 0.4) is 0 Å². The highest BCUT2D eigenvalue weighted by molar-refractivity contribution is 5.90. The lowest BCUT2D eigenvalue weighted by atomic mass is 9.92. The number of hydrogen-bond acceptors (Lipinski definition) is 2. The Kier molecular flexibility index (Phi) is 6.03. The van der Waals surface area contributed by atoms with E-state index in [9.17, 15) is 4.79 Å². The van der Waals surface area contributed by atoms with Crippen molar-refractivity contribution in [3.8, 4) is 0 Å². The van der Waals surface area contributed by atoms with Gasteiger partial charge in [0.15, 0.2) is 0 Å². The molecule has 0 aliphatic carbocycles. The molecule has 0 aromatic heterocycles. The molecule has 0 aliphatic heterocycles. The van der Waals surface area contributed by atoms with Gasteiger partial charge in [-0.05, 0) is 42.0 Å². The number of nitrogens with one attached hydrogen (secondary N) is 1. The van der Waals surface area contributed by atoms with E-state index >= 15 is 0 Å². The molecule has 0 spiro atoms. The number of rotatable bonds is 6. The average molecular weight is 262 g/mol. The molecule has 3 N–H and O–H groups in total. The highest BCUT2D eigenvalue weighted by Gasteiger charge is 2.16. The number of anilines is 1. The van der Waals surface area contributed by atoms with E-state index in [2.05, 4.69) is 45.1 Å². The highest BCUT2D eigenvalue weighted by atomic mass is 16.1. The Hall–Kier alpha value is -1.35. The predicted octanol–water partition coefficient (Wildman–Crippen LogP) is 3.37. The number of benzene rings is 1. The van der Waals surface area contributed by atoms with E-state index in [0.717, 1.165) is 5.69 Å². The van der Waals surface area contributed by atoms with Gasteiger partial charge in [0.05, 0.1) is 0 Å². The first-order valence-electron chi connectivity index (χ1n) is 7.04. The molecular weight excluding hydrogens is 236 g/mol. The van der Waals surface area contributed by atoms with Gasteiger partial charge in [0.1, 0.15) is 0 Å². The topological polar surface area (TPSA) is 55.1 Å². The summed E-state index contributed by atoms with van der Waals surface area (Å²) in [5.41, 5.74) is 7.82. The second kappa shape index (κ2) is 7.29. The number of carbonyl (C=O) groups excluding carboxylic acids is 1. The van der Waals surface area contributed by atoms with Gasteiger partial charge < -0.3 is 11.1 Å². The maximum Gasteiger partial charge on any atom is 0.224 e. The summed E-state index contributed by atoms with van der Waals surface area (Å²) in [6.07, 6.45) is 0.486. The molecular formula is C16H26N2O. The van der Waals surface area contributed by atoms with Crippen LogP contribution < -0.4 is 11.1 Å². The maximum atomic E-state index is 11.9. The normalized spacial score (nSPS) is 12.8.